The molecule has 0 radical (unpaired) electrons. The lowest BCUT2D eigenvalue weighted by atomic mass is 10.1. The Bertz CT molecular complexity index is 562. The fraction of sp³-hybridized carbons (Fsp3) is 0.500. The molecule has 1 aliphatic rings. The van der Waals surface area contributed by atoms with Crippen molar-refractivity contribution in [2.45, 2.75) is 26.3 Å². The zero-order valence-corrected chi connectivity index (χ0v) is 13.5. The second kappa shape index (κ2) is 8.38. The number of hydrogen-bond acceptors (Lipinski definition) is 4. The van der Waals surface area contributed by atoms with Crippen LogP contribution in [-0.4, -0.2) is 38.3 Å². The second-order valence-electron chi connectivity index (χ2n) is 5.26. The van der Waals surface area contributed by atoms with E-state index in [1.54, 1.807) is 6.07 Å². The average Bonchev–Trinajstić information content (AvgIpc) is 2.53. The molecule has 1 aromatic rings. The van der Waals surface area contributed by atoms with Crippen LogP contribution in [0.3, 0.4) is 0 Å². The predicted octanol–water partition coefficient (Wildman–Crippen LogP) is 1.80. The van der Waals surface area contributed by atoms with Gasteiger partial charge in [-0.1, -0.05) is 6.07 Å². The van der Waals surface area contributed by atoms with Gasteiger partial charge in [-0.05, 0) is 38.0 Å². The van der Waals surface area contributed by atoms with Crippen molar-refractivity contribution in [3.8, 4) is 5.75 Å². The van der Waals surface area contributed by atoms with Gasteiger partial charge in [0.25, 0.3) is 5.91 Å². The largest absolute Gasteiger partial charge is 0.482 e. The number of amides is 3. The molecule has 1 heterocycles. The number of rotatable bonds is 7. The normalized spacial score (nSPS) is 14.3. The third-order valence-electron chi connectivity index (χ3n) is 3.44. The summed E-state index contributed by atoms with van der Waals surface area (Å²) in [6.45, 7) is 5.73. The number of carbonyl (C=O) groups excluding carboxylic acids is 2. The van der Waals surface area contributed by atoms with Crippen LogP contribution in [0.5, 0.6) is 5.75 Å². The Balaban J connectivity index is 1.83. The van der Waals surface area contributed by atoms with Crippen LogP contribution in [0.4, 0.5) is 10.5 Å². The molecule has 7 heteroatoms. The van der Waals surface area contributed by atoms with E-state index >= 15 is 0 Å². The van der Waals surface area contributed by atoms with Crippen LogP contribution in [0.25, 0.3) is 0 Å². The molecule has 0 fully saturated rings. The van der Waals surface area contributed by atoms with Crippen LogP contribution in [-0.2, 0) is 9.53 Å². The first-order chi connectivity index (χ1) is 11.1. The molecule has 0 aliphatic carbocycles. The van der Waals surface area contributed by atoms with Gasteiger partial charge in [0.05, 0.1) is 11.7 Å². The molecule has 0 unspecified atom stereocenters. The van der Waals surface area contributed by atoms with Crippen molar-refractivity contribution in [1.82, 2.24) is 10.6 Å². The van der Waals surface area contributed by atoms with Crippen LogP contribution in [0.2, 0.25) is 0 Å². The van der Waals surface area contributed by atoms with E-state index in [0.717, 1.165) is 12.0 Å². The van der Waals surface area contributed by atoms with E-state index in [2.05, 4.69) is 16.0 Å². The van der Waals surface area contributed by atoms with Gasteiger partial charge in [-0.3, -0.25) is 4.79 Å². The SMILES string of the molecule is CCOCCCNC(=O)N[C@@H](C)c1ccc2c(c1)NC(=O)CO2. The van der Waals surface area contributed by atoms with Crippen molar-refractivity contribution in [3.63, 3.8) is 0 Å². The lowest BCUT2D eigenvalue weighted by Gasteiger charge is -2.21. The van der Waals surface area contributed by atoms with Crippen molar-refractivity contribution >= 4 is 17.6 Å². The van der Waals surface area contributed by atoms with E-state index in [1.165, 1.54) is 0 Å². The Morgan fingerprint density at radius 1 is 1.48 bits per heavy atom. The van der Waals surface area contributed by atoms with E-state index < -0.39 is 0 Å². The number of urea groups is 1. The minimum Gasteiger partial charge on any atom is -0.482 e. The first kappa shape index (κ1) is 17.1. The summed E-state index contributed by atoms with van der Waals surface area (Å²) >= 11 is 0. The van der Waals surface area contributed by atoms with Crippen LogP contribution in [0, 0.1) is 0 Å². The van der Waals surface area contributed by atoms with Gasteiger partial charge in [0, 0.05) is 19.8 Å². The summed E-state index contributed by atoms with van der Waals surface area (Å²) in [7, 11) is 0. The highest BCUT2D eigenvalue weighted by Crippen LogP contribution is 2.30. The highest BCUT2D eigenvalue weighted by Gasteiger charge is 2.18. The number of nitrogens with one attached hydrogen (secondary N) is 3. The summed E-state index contributed by atoms with van der Waals surface area (Å²) in [6.07, 6.45) is 0.776. The Hall–Kier alpha value is -2.28. The summed E-state index contributed by atoms with van der Waals surface area (Å²) in [6, 6.07) is 5.06. The first-order valence-electron chi connectivity index (χ1n) is 7.79. The molecule has 7 nitrogen and oxygen atoms in total. The molecule has 0 bridgehead atoms. The van der Waals surface area contributed by atoms with Gasteiger partial charge in [-0.25, -0.2) is 4.79 Å². The summed E-state index contributed by atoms with van der Waals surface area (Å²) in [5.74, 6) is 0.461. The lowest BCUT2D eigenvalue weighted by molar-refractivity contribution is -0.118. The maximum Gasteiger partial charge on any atom is 0.315 e. The second-order valence-corrected chi connectivity index (χ2v) is 5.26. The maximum absolute atomic E-state index is 11.8. The van der Waals surface area contributed by atoms with Crippen molar-refractivity contribution in [2.24, 2.45) is 0 Å². The van der Waals surface area contributed by atoms with Gasteiger partial charge in [0.15, 0.2) is 6.61 Å². The number of hydrogen-bond donors (Lipinski definition) is 3. The van der Waals surface area contributed by atoms with Crippen LogP contribution >= 0.6 is 0 Å². The summed E-state index contributed by atoms with van der Waals surface area (Å²) in [5, 5.41) is 8.40. The molecule has 3 N–H and O–H groups in total. The minimum absolute atomic E-state index is 0.0320. The zero-order valence-electron chi connectivity index (χ0n) is 13.5. The van der Waals surface area contributed by atoms with E-state index in [4.69, 9.17) is 9.47 Å². The molecule has 0 saturated carbocycles. The summed E-state index contributed by atoms with van der Waals surface area (Å²) < 4.78 is 10.5. The molecule has 1 atom stereocenters. The number of benzene rings is 1. The number of anilines is 1. The number of fused-ring (bicyclic) bond motifs is 1. The fourth-order valence-electron chi connectivity index (χ4n) is 2.22. The van der Waals surface area contributed by atoms with Crippen LogP contribution in [0.15, 0.2) is 18.2 Å². The Labute approximate surface area is 135 Å². The van der Waals surface area contributed by atoms with E-state index in [-0.39, 0.29) is 24.6 Å². The van der Waals surface area contributed by atoms with E-state index in [0.29, 0.717) is 31.2 Å². The molecule has 23 heavy (non-hydrogen) atoms. The Kier molecular flexibility index (Phi) is 6.22. The summed E-state index contributed by atoms with van der Waals surface area (Å²) in [4.78, 5) is 23.2. The number of carbonyl (C=O) groups is 2. The highest BCUT2D eigenvalue weighted by molar-refractivity contribution is 5.95. The molecule has 0 saturated heterocycles. The maximum atomic E-state index is 11.8. The topological polar surface area (TPSA) is 88.7 Å². The molecule has 0 aromatic heterocycles. The van der Waals surface area contributed by atoms with Crippen LogP contribution < -0.4 is 20.7 Å². The predicted molar refractivity (Wildman–Crippen MR) is 86.6 cm³/mol. The van der Waals surface area contributed by atoms with Crippen molar-refractivity contribution in [1.29, 1.82) is 0 Å². The Morgan fingerprint density at radius 2 is 2.30 bits per heavy atom. The average molecular weight is 321 g/mol. The van der Waals surface area contributed by atoms with Gasteiger partial charge < -0.3 is 25.4 Å². The third kappa shape index (κ3) is 5.14. The van der Waals surface area contributed by atoms with Gasteiger partial charge in [0.1, 0.15) is 5.75 Å². The fourth-order valence-corrected chi connectivity index (χ4v) is 2.22. The first-order valence-corrected chi connectivity index (χ1v) is 7.79. The monoisotopic (exact) mass is 321 g/mol. The van der Waals surface area contributed by atoms with E-state index in [9.17, 15) is 9.59 Å². The van der Waals surface area contributed by atoms with Gasteiger partial charge in [-0.15, -0.1) is 0 Å². The smallest absolute Gasteiger partial charge is 0.315 e. The highest BCUT2D eigenvalue weighted by atomic mass is 16.5. The van der Waals surface area contributed by atoms with Crippen molar-refractivity contribution < 1.29 is 19.1 Å². The quantitative estimate of drug-likeness (QED) is 0.668. The molecular formula is C16H23N3O4. The molecule has 126 valence electrons. The van der Waals surface area contributed by atoms with Gasteiger partial charge >= 0.3 is 6.03 Å². The lowest BCUT2D eigenvalue weighted by Crippen LogP contribution is -2.37. The van der Waals surface area contributed by atoms with Crippen LogP contribution in [0.1, 0.15) is 31.9 Å². The molecule has 1 aromatic carbocycles. The molecule has 2 rings (SSSR count). The Morgan fingerprint density at radius 3 is 3.09 bits per heavy atom. The van der Waals surface area contributed by atoms with Gasteiger partial charge in [-0.2, -0.15) is 0 Å². The zero-order chi connectivity index (χ0) is 16.7. The molecule has 1 aliphatic heterocycles. The van der Waals surface area contributed by atoms with Gasteiger partial charge in [0.2, 0.25) is 0 Å². The van der Waals surface area contributed by atoms with Crippen molar-refractivity contribution in [3.05, 3.63) is 23.8 Å². The van der Waals surface area contributed by atoms with Crippen molar-refractivity contribution in [2.75, 3.05) is 31.7 Å². The number of ether oxygens (including phenoxy) is 2. The summed E-state index contributed by atoms with van der Waals surface area (Å²) in [5.41, 5.74) is 1.52. The van der Waals surface area contributed by atoms with E-state index in [1.807, 2.05) is 26.0 Å². The molecule has 3 amide bonds. The molecule has 0 spiro atoms. The molecular weight excluding hydrogens is 298 g/mol. The minimum atomic E-state index is -0.230. The third-order valence-corrected chi connectivity index (χ3v) is 3.44. The standard InChI is InChI=1S/C16H23N3O4/c1-3-22-8-4-7-17-16(21)18-11(2)12-5-6-14-13(9-12)19-15(20)10-23-14/h5-6,9,11H,3-4,7-8,10H2,1-2H3,(H,19,20)(H2,17,18,21)/t11-/m0/s1.